The van der Waals surface area contributed by atoms with Crippen LogP contribution in [-0.4, -0.2) is 16.8 Å². The average Bonchev–Trinajstić information content (AvgIpc) is 2.75. The molecule has 0 aliphatic rings. The Morgan fingerprint density at radius 2 is 2.22 bits per heavy atom. The summed E-state index contributed by atoms with van der Waals surface area (Å²) in [6, 6.07) is 6.38. The van der Waals surface area contributed by atoms with E-state index in [4.69, 9.17) is 11.6 Å². The summed E-state index contributed by atoms with van der Waals surface area (Å²) in [5, 5.41) is 7.93. The van der Waals surface area contributed by atoms with Gasteiger partial charge in [0.05, 0.1) is 5.69 Å². The Bertz CT molecular complexity index is 539. The first-order valence-corrected chi connectivity index (χ1v) is 6.08. The first-order chi connectivity index (χ1) is 8.60. The summed E-state index contributed by atoms with van der Waals surface area (Å²) in [6.07, 6.45) is 2.49. The maximum Gasteiger partial charge on any atom is 0.128 e. The lowest BCUT2D eigenvalue weighted by molar-refractivity contribution is 0.527. The van der Waals surface area contributed by atoms with Crippen molar-refractivity contribution >= 4 is 11.6 Å². The smallest absolute Gasteiger partial charge is 0.128 e. The molecule has 0 fully saturated rings. The number of rotatable bonds is 4. The Balaban J connectivity index is 2.25. The van der Waals surface area contributed by atoms with Crippen LogP contribution in [0.15, 0.2) is 30.5 Å². The van der Waals surface area contributed by atoms with Crippen LogP contribution in [0.25, 0.3) is 0 Å². The molecule has 1 aromatic carbocycles. The van der Waals surface area contributed by atoms with Crippen LogP contribution in [0.5, 0.6) is 0 Å². The lowest BCUT2D eigenvalue weighted by Gasteiger charge is -2.16. The van der Waals surface area contributed by atoms with Crippen molar-refractivity contribution in [2.24, 2.45) is 7.05 Å². The first-order valence-electron chi connectivity index (χ1n) is 5.71. The second-order valence-electron chi connectivity index (χ2n) is 4.19. The highest BCUT2D eigenvalue weighted by molar-refractivity contribution is 6.30. The third-order valence-electron chi connectivity index (χ3n) is 2.86. The van der Waals surface area contributed by atoms with Gasteiger partial charge in [-0.25, -0.2) is 4.39 Å². The molecule has 96 valence electrons. The zero-order chi connectivity index (χ0) is 13.1. The molecule has 5 heteroatoms. The van der Waals surface area contributed by atoms with Crippen molar-refractivity contribution in [1.29, 1.82) is 0 Å². The Morgan fingerprint density at radius 1 is 1.44 bits per heavy atom. The molecule has 18 heavy (non-hydrogen) atoms. The molecular formula is C13H15ClFN3. The van der Waals surface area contributed by atoms with E-state index in [2.05, 4.69) is 10.4 Å². The quantitative estimate of drug-likeness (QED) is 0.923. The van der Waals surface area contributed by atoms with Crippen molar-refractivity contribution in [3.05, 3.63) is 52.6 Å². The van der Waals surface area contributed by atoms with E-state index in [-0.39, 0.29) is 11.9 Å². The lowest BCUT2D eigenvalue weighted by atomic mass is 10.0. The van der Waals surface area contributed by atoms with Crippen LogP contribution < -0.4 is 5.32 Å². The molecule has 1 heterocycles. The second kappa shape index (κ2) is 5.50. The summed E-state index contributed by atoms with van der Waals surface area (Å²) in [4.78, 5) is 0. The third kappa shape index (κ3) is 2.89. The van der Waals surface area contributed by atoms with E-state index in [9.17, 15) is 4.39 Å². The number of halogens is 2. The van der Waals surface area contributed by atoms with Gasteiger partial charge in [0.15, 0.2) is 0 Å². The third-order valence-corrected chi connectivity index (χ3v) is 3.10. The highest BCUT2D eigenvalue weighted by Gasteiger charge is 2.16. The largest absolute Gasteiger partial charge is 0.313 e. The summed E-state index contributed by atoms with van der Waals surface area (Å²) in [5.41, 5.74) is 1.48. The molecule has 2 rings (SSSR count). The maximum atomic E-state index is 13.8. The fourth-order valence-electron chi connectivity index (χ4n) is 1.93. The predicted octanol–water partition coefficient (Wildman–Crippen LogP) is 2.72. The van der Waals surface area contributed by atoms with Crippen LogP contribution >= 0.6 is 11.6 Å². The van der Waals surface area contributed by atoms with E-state index in [0.717, 1.165) is 5.69 Å². The minimum Gasteiger partial charge on any atom is -0.313 e. The predicted molar refractivity (Wildman–Crippen MR) is 70.1 cm³/mol. The molecule has 0 saturated heterocycles. The number of nitrogens with one attached hydrogen (secondary N) is 1. The van der Waals surface area contributed by atoms with Gasteiger partial charge in [-0.15, -0.1) is 0 Å². The molecule has 1 atom stereocenters. The van der Waals surface area contributed by atoms with E-state index >= 15 is 0 Å². The van der Waals surface area contributed by atoms with Crippen molar-refractivity contribution < 1.29 is 4.39 Å². The van der Waals surface area contributed by atoms with Crippen LogP contribution in [-0.2, 0) is 13.5 Å². The van der Waals surface area contributed by atoms with Crippen LogP contribution in [0.4, 0.5) is 4.39 Å². The molecule has 0 bridgehead atoms. The zero-order valence-electron chi connectivity index (χ0n) is 10.3. The molecule has 0 aliphatic heterocycles. The highest BCUT2D eigenvalue weighted by atomic mass is 35.5. The van der Waals surface area contributed by atoms with E-state index in [1.165, 1.54) is 6.07 Å². The number of aryl methyl sites for hydroxylation is 1. The van der Waals surface area contributed by atoms with Crippen LogP contribution in [0.2, 0.25) is 5.02 Å². The number of nitrogens with zero attached hydrogens (tertiary/aromatic N) is 2. The average molecular weight is 268 g/mol. The standard InChI is InChI=1S/C13H15ClFN3/c1-16-13(8-10-5-6-18(2)17-10)11-7-9(14)3-4-12(11)15/h3-7,13,16H,8H2,1-2H3. The van der Waals surface area contributed by atoms with Gasteiger partial charge < -0.3 is 5.32 Å². The van der Waals surface area contributed by atoms with E-state index < -0.39 is 0 Å². The summed E-state index contributed by atoms with van der Waals surface area (Å²) < 4.78 is 15.5. The Morgan fingerprint density at radius 3 is 2.83 bits per heavy atom. The van der Waals surface area contributed by atoms with Crippen LogP contribution in [0, 0.1) is 5.82 Å². The molecule has 0 radical (unpaired) electrons. The molecule has 0 amide bonds. The molecule has 1 N–H and O–H groups in total. The van der Waals surface area contributed by atoms with Crippen molar-refractivity contribution in [1.82, 2.24) is 15.1 Å². The fourth-order valence-corrected chi connectivity index (χ4v) is 2.11. The van der Waals surface area contributed by atoms with Gasteiger partial charge >= 0.3 is 0 Å². The number of aromatic nitrogens is 2. The summed E-state index contributed by atoms with van der Waals surface area (Å²) >= 11 is 5.91. The van der Waals surface area contributed by atoms with Gasteiger partial charge in [-0.1, -0.05) is 11.6 Å². The lowest BCUT2D eigenvalue weighted by Crippen LogP contribution is -2.20. The van der Waals surface area contributed by atoms with Crippen molar-refractivity contribution in [3.63, 3.8) is 0 Å². The monoisotopic (exact) mass is 267 g/mol. The van der Waals surface area contributed by atoms with E-state index in [1.807, 2.05) is 19.3 Å². The molecule has 3 nitrogen and oxygen atoms in total. The van der Waals surface area contributed by atoms with Gasteiger partial charge in [0.1, 0.15) is 5.82 Å². The van der Waals surface area contributed by atoms with Gasteiger partial charge in [-0.2, -0.15) is 5.10 Å². The highest BCUT2D eigenvalue weighted by Crippen LogP contribution is 2.23. The molecular weight excluding hydrogens is 253 g/mol. The summed E-state index contributed by atoms with van der Waals surface area (Å²) in [7, 11) is 3.66. The molecule has 2 aromatic rings. The fraction of sp³-hybridized carbons (Fsp3) is 0.308. The molecule has 0 spiro atoms. The molecule has 1 aromatic heterocycles. The molecule has 1 unspecified atom stereocenters. The van der Waals surface area contributed by atoms with E-state index in [0.29, 0.717) is 17.0 Å². The minimum absolute atomic E-state index is 0.140. The van der Waals surface area contributed by atoms with Gasteiger partial charge in [0.2, 0.25) is 0 Å². The number of benzene rings is 1. The summed E-state index contributed by atoms with van der Waals surface area (Å²) in [5.74, 6) is -0.255. The Kier molecular flexibility index (Phi) is 3.99. The minimum atomic E-state index is -0.255. The van der Waals surface area contributed by atoms with Crippen molar-refractivity contribution in [2.45, 2.75) is 12.5 Å². The maximum absolute atomic E-state index is 13.8. The van der Waals surface area contributed by atoms with Crippen LogP contribution in [0.3, 0.4) is 0 Å². The van der Waals surface area contributed by atoms with Crippen LogP contribution in [0.1, 0.15) is 17.3 Å². The number of likely N-dealkylation sites (N-methyl/N-ethyl adjacent to an activating group) is 1. The number of hydrogen-bond donors (Lipinski definition) is 1. The SMILES string of the molecule is CNC(Cc1ccn(C)n1)c1cc(Cl)ccc1F. The molecule has 0 saturated carbocycles. The van der Waals surface area contributed by atoms with Gasteiger partial charge in [0, 0.05) is 36.3 Å². The topological polar surface area (TPSA) is 29.9 Å². The zero-order valence-corrected chi connectivity index (χ0v) is 11.1. The van der Waals surface area contributed by atoms with Gasteiger partial charge in [-0.3, -0.25) is 4.68 Å². The van der Waals surface area contributed by atoms with Gasteiger partial charge in [-0.05, 0) is 31.3 Å². The first kappa shape index (κ1) is 13.1. The number of hydrogen-bond acceptors (Lipinski definition) is 2. The normalized spacial score (nSPS) is 12.7. The van der Waals surface area contributed by atoms with Crippen molar-refractivity contribution in [2.75, 3.05) is 7.05 Å². The Hall–Kier alpha value is -1.39. The Labute approximate surface area is 111 Å². The second-order valence-corrected chi connectivity index (χ2v) is 4.63. The summed E-state index contributed by atoms with van der Waals surface area (Å²) in [6.45, 7) is 0. The van der Waals surface area contributed by atoms with Gasteiger partial charge in [0.25, 0.3) is 0 Å². The van der Waals surface area contributed by atoms with Crippen molar-refractivity contribution in [3.8, 4) is 0 Å². The van der Waals surface area contributed by atoms with E-state index in [1.54, 1.807) is 23.9 Å². The molecule has 0 aliphatic carbocycles.